The SMILES string of the molecule is C=C1CC(=O)c2cc(-c3ccc(-c4ccc5c(c4)C(=O)CC5=O)s3)ccc21. The molecule has 0 fully saturated rings. The van der Waals surface area contributed by atoms with Gasteiger partial charge in [-0.25, -0.2) is 0 Å². The van der Waals surface area contributed by atoms with Crippen LogP contribution in [0, 0.1) is 0 Å². The van der Waals surface area contributed by atoms with Gasteiger partial charge in [0.2, 0.25) is 0 Å². The summed E-state index contributed by atoms with van der Waals surface area (Å²) >= 11 is 1.60. The molecule has 1 aromatic heterocycles. The van der Waals surface area contributed by atoms with Crippen LogP contribution in [-0.2, 0) is 0 Å². The molecule has 1 heterocycles. The highest BCUT2D eigenvalue weighted by Gasteiger charge is 2.27. The summed E-state index contributed by atoms with van der Waals surface area (Å²) in [6, 6.07) is 15.4. The van der Waals surface area contributed by atoms with Gasteiger partial charge in [0.1, 0.15) is 0 Å². The minimum Gasteiger partial charge on any atom is -0.294 e. The molecule has 2 aromatic carbocycles. The summed E-state index contributed by atoms with van der Waals surface area (Å²) < 4.78 is 0. The number of benzene rings is 2. The van der Waals surface area contributed by atoms with Crippen LogP contribution in [0.25, 0.3) is 26.5 Å². The molecular weight excluding hydrogens is 356 g/mol. The van der Waals surface area contributed by atoms with Crippen molar-refractivity contribution in [2.45, 2.75) is 12.8 Å². The van der Waals surface area contributed by atoms with Crippen molar-refractivity contribution in [3.8, 4) is 20.9 Å². The minimum absolute atomic E-state index is 0.0249. The molecule has 0 bridgehead atoms. The molecule has 2 aliphatic rings. The number of ketones is 3. The van der Waals surface area contributed by atoms with Crippen LogP contribution in [-0.4, -0.2) is 17.3 Å². The fourth-order valence-electron chi connectivity index (χ4n) is 3.78. The zero-order valence-electron chi connectivity index (χ0n) is 14.4. The second kappa shape index (κ2) is 5.69. The topological polar surface area (TPSA) is 51.2 Å². The van der Waals surface area contributed by atoms with Crippen LogP contribution in [0.5, 0.6) is 0 Å². The molecule has 130 valence electrons. The van der Waals surface area contributed by atoms with Gasteiger partial charge in [-0.2, -0.15) is 0 Å². The third-order valence-electron chi connectivity index (χ3n) is 5.19. The molecule has 0 N–H and O–H groups in total. The molecule has 2 aliphatic carbocycles. The van der Waals surface area contributed by atoms with E-state index in [2.05, 4.69) is 6.58 Å². The molecule has 5 rings (SSSR count). The Hall–Kier alpha value is -3.11. The maximum absolute atomic E-state index is 12.1. The van der Waals surface area contributed by atoms with Crippen LogP contribution in [0.2, 0.25) is 0 Å². The van der Waals surface area contributed by atoms with Gasteiger partial charge < -0.3 is 0 Å². The molecule has 0 spiro atoms. The number of thiophene rings is 1. The van der Waals surface area contributed by atoms with Crippen LogP contribution in [0.15, 0.2) is 55.1 Å². The zero-order chi connectivity index (χ0) is 18.7. The normalized spacial score (nSPS) is 15.4. The van der Waals surface area contributed by atoms with E-state index in [0.29, 0.717) is 17.5 Å². The van der Waals surface area contributed by atoms with Gasteiger partial charge >= 0.3 is 0 Å². The Bertz CT molecular complexity index is 1100. The van der Waals surface area contributed by atoms with Crippen molar-refractivity contribution >= 4 is 34.3 Å². The molecule has 0 atom stereocenters. The smallest absolute Gasteiger partial charge is 0.171 e. The lowest BCUT2D eigenvalue weighted by Crippen LogP contribution is -1.91. The molecule has 0 radical (unpaired) electrons. The van der Waals surface area contributed by atoms with Gasteiger partial charge in [-0.3, -0.25) is 14.4 Å². The standard InChI is InChI=1S/C23H14O3S/c1-12-8-19(24)17-9-13(2-4-15(12)17)22-6-7-23(27-22)14-3-5-16-18(10-14)21(26)11-20(16)25/h2-7,9-10H,1,8,11H2. The van der Waals surface area contributed by atoms with Gasteiger partial charge in [0.25, 0.3) is 0 Å². The molecule has 4 heteroatoms. The maximum atomic E-state index is 12.1. The summed E-state index contributed by atoms with van der Waals surface area (Å²) in [6.45, 7) is 3.96. The number of hydrogen-bond acceptors (Lipinski definition) is 4. The lowest BCUT2D eigenvalue weighted by atomic mass is 10.0. The molecule has 3 aromatic rings. The summed E-state index contributed by atoms with van der Waals surface area (Å²) in [7, 11) is 0. The Labute approximate surface area is 160 Å². The van der Waals surface area contributed by atoms with Crippen molar-refractivity contribution < 1.29 is 14.4 Å². The second-order valence-corrected chi connectivity index (χ2v) is 8.00. The number of carbonyl (C=O) groups excluding carboxylic acids is 3. The lowest BCUT2D eigenvalue weighted by molar-refractivity contribution is 0.0921. The number of allylic oxidation sites excluding steroid dienone is 1. The molecule has 0 unspecified atom stereocenters. The molecule has 0 saturated heterocycles. The van der Waals surface area contributed by atoms with E-state index >= 15 is 0 Å². The van der Waals surface area contributed by atoms with E-state index in [4.69, 9.17) is 0 Å². The molecule has 0 saturated carbocycles. The first kappa shape index (κ1) is 16.1. The van der Waals surface area contributed by atoms with E-state index in [1.54, 1.807) is 17.4 Å². The highest BCUT2D eigenvalue weighted by molar-refractivity contribution is 7.18. The molecular formula is C23H14O3S. The fourth-order valence-corrected chi connectivity index (χ4v) is 4.78. The Morgan fingerprint density at radius 1 is 0.630 bits per heavy atom. The minimum atomic E-state index is -0.106. The average Bonchev–Trinajstić information content (AvgIpc) is 3.33. The average molecular weight is 370 g/mol. The highest BCUT2D eigenvalue weighted by atomic mass is 32.1. The van der Waals surface area contributed by atoms with E-state index in [-0.39, 0.29) is 23.8 Å². The molecule has 27 heavy (non-hydrogen) atoms. The first-order valence-corrected chi connectivity index (χ1v) is 9.49. The first-order chi connectivity index (χ1) is 13.0. The number of Topliss-reactive ketones (excluding diaryl/α,β-unsaturated/α-hetero) is 3. The Morgan fingerprint density at radius 2 is 1.15 bits per heavy atom. The van der Waals surface area contributed by atoms with Crippen LogP contribution < -0.4 is 0 Å². The molecule has 3 nitrogen and oxygen atoms in total. The van der Waals surface area contributed by atoms with E-state index in [9.17, 15) is 14.4 Å². The third kappa shape index (κ3) is 2.45. The molecule has 0 aliphatic heterocycles. The Kier molecular flexibility index (Phi) is 3.39. The number of hydrogen-bond donors (Lipinski definition) is 0. The van der Waals surface area contributed by atoms with Crippen molar-refractivity contribution in [2.75, 3.05) is 0 Å². The first-order valence-electron chi connectivity index (χ1n) is 8.68. The van der Waals surface area contributed by atoms with Crippen molar-refractivity contribution in [1.29, 1.82) is 0 Å². The van der Waals surface area contributed by atoms with Crippen molar-refractivity contribution in [1.82, 2.24) is 0 Å². The van der Waals surface area contributed by atoms with Gasteiger partial charge in [0, 0.05) is 32.9 Å². The quantitative estimate of drug-likeness (QED) is 0.564. The maximum Gasteiger partial charge on any atom is 0.171 e. The number of fused-ring (bicyclic) bond motifs is 2. The summed E-state index contributed by atoms with van der Waals surface area (Å²) in [5.74, 6) is -0.0840. The summed E-state index contributed by atoms with van der Waals surface area (Å²) in [5.41, 5.74) is 5.55. The van der Waals surface area contributed by atoms with Gasteiger partial charge in [-0.1, -0.05) is 30.8 Å². The summed E-state index contributed by atoms with van der Waals surface area (Å²) in [6.07, 6.45) is 0.374. The fraction of sp³-hybridized carbons (Fsp3) is 0.0870. The lowest BCUT2D eigenvalue weighted by Gasteiger charge is -2.03. The Balaban J connectivity index is 1.53. The van der Waals surface area contributed by atoms with E-state index in [1.165, 1.54) is 0 Å². The number of rotatable bonds is 2. The zero-order valence-corrected chi connectivity index (χ0v) is 15.2. The summed E-state index contributed by atoms with van der Waals surface area (Å²) in [5, 5.41) is 0. The van der Waals surface area contributed by atoms with Crippen LogP contribution in [0.4, 0.5) is 0 Å². The predicted molar refractivity (Wildman–Crippen MR) is 106 cm³/mol. The highest BCUT2D eigenvalue weighted by Crippen LogP contribution is 2.39. The van der Waals surface area contributed by atoms with Gasteiger partial charge in [0.05, 0.1) is 6.42 Å². The van der Waals surface area contributed by atoms with Crippen molar-refractivity contribution in [3.05, 3.63) is 77.4 Å². The predicted octanol–water partition coefficient (Wildman–Crippen LogP) is 5.45. The van der Waals surface area contributed by atoms with Crippen molar-refractivity contribution in [2.24, 2.45) is 0 Å². The van der Waals surface area contributed by atoms with Crippen molar-refractivity contribution in [3.63, 3.8) is 0 Å². The third-order valence-corrected chi connectivity index (χ3v) is 6.37. The Morgan fingerprint density at radius 3 is 1.81 bits per heavy atom. The second-order valence-electron chi connectivity index (χ2n) is 6.91. The summed E-state index contributed by atoms with van der Waals surface area (Å²) in [4.78, 5) is 38.0. The monoisotopic (exact) mass is 370 g/mol. The van der Waals surface area contributed by atoms with E-state index < -0.39 is 0 Å². The van der Waals surface area contributed by atoms with E-state index in [1.807, 2.05) is 42.5 Å². The van der Waals surface area contributed by atoms with Gasteiger partial charge in [-0.05, 0) is 46.5 Å². The van der Waals surface area contributed by atoms with Crippen LogP contribution >= 0.6 is 11.3 Å². The van der Waals surface area contributed by atoms with Gasteiger partial charge in [-0.15, -0.1) is 11.3 Å². The van der Waals surface area contributed by atoms with Crippen LogP contribution in [0.3, 0.4) is 0 Å². The largest absolute Gasteiger partial charge is 0.294 e. The van der Waals surface area contributed by atoms with Gasteiger partial charge in [0.15, 0.2) is 17.3 Å². The van der Waals surface area contributed by atoms with Crippen LogP contribution in [0.1, 0.15) is 49.5 Å². The number of carbonyl (C=O) groups is 3. The molecule has 0 amide bonds. The van der Waals surface area contributed by atoms with E-state index in [0.717, 1.165) is 37.6 Å².